The maximum atomic E-state index is 3.57. The first-order chi connectivity index (χ1) is 9.75. The van der Waals surface area contributed by atoms with Gasteiger partial charge in [0.1, 0.15) is 0 Å². The van der Waals surface area contributed by atoms with Gasteiger partial charge in [-0.1, -0.05) is 49.4 Å². The van der Waals surface area contributed by atoms with Crippen LogP contribution in [0.3, 0.4) is 0 Å². The zero-order valence-electron chi connectivity index (χ0n) is 12.0. The number of hydrogen-bond acceptors (Lipinski definition) is 1. The van der Waals surface area contributed by atoms with Crippen LogP contribution in [0, 0.1) is 3.57 Å². The van der Waals surface area contributed by atoms with Gasteiger partial charge in [0.25, 0.3) is 0 Å². The Hall–Kier alpha value is -0.870. The number of rotatable bonds is 7. The van der Waals surface area contributed by atoms with Gasteiger partial charge >= 0.3 is 0 Å². The van der Waals surface area contributed by atoms with E-state index >= 15 is 0 Å². The number of aryl methyl sites for hydroxylation is 1. The van der Waals surface area contributed by atoms with Crippen molar-refractivity contribution in [2.24, 2.45) is 0 Å². The molecule has 0 saturated carbocycles. The summed E-state index contributed by atoms with van der Waals surface area (Å²) in [5.41, 5.74) is 2.85. The molecule has 1 atom stereocenters. The lowest BCUT2D eigenvalue weighted by atomic mass is 10.0. The molecule has 0 aliphatic rings. The number of halogens is 1. The minimum absolute atomic E-state index is 0.573. The monoisotopic (exact) mass is 379 g/mol. The summed E-state index contributed by atoms with van der Waals surface area (Å²) in [6.45, 7) is 4.42. The van der Waals surface area contributed by atoms with Gasteiger partial charge in [-0.25, -0.2) is 0 Å². The van der Waals surface area contributed by atoms with Crippen molar-refractivity contribution >= 4 is 22.6 Å². The molecule has 2 heteroatoms. The second-order valence-corrected chi connectivity index (χ2v) is 6.49. The minimum Gasteiger partial charge on any atom is -0.316 e. The van der Waals surface area contributed by atoms with E-state index in [4.69, 9.17) is 0 Å². The van der Waals surface area contributed by atoms with Crippen molar-refractivity contribution in [3.05, 3.63) is 69.3 Å². The summed E-state index contributed by atoms with van der Waals surface area (Å²) in [6.07, 6.45) is 2.36. The Kier molecular flexibility index (Phi) is 6.54. The third-order valence-corrected chi connectivity index (χ3v) is 4.27. The maximum Gasteiger partial charge on any atom is 0.0130 e. The first-order valence-corrected chi connectivity index (χ1v) is 8.33. The highest BCUT2D eigenvalue weighted by Gasteiger charge is 2.04. The fourth-order valence-corrected chi connectivity index (χ4v) is 2.65. The molecule has 2 aromatic rings. The van der Waals surface area contributed by atoms with Crippen LogP contribution in [0.1, 0.15) is 30.4 Å². The molecule has 0 aromatic heterocycles. The van der Waals surface area contributed by atoms with Crippen molar-refractivity contribution in [3.8, 4) is 0 Å². The molecule has 0 radical (unpaired) electrons. The quantitative estimate of drug-likeness (QED) is 0.547. The Morgan fingerprint density at radius 3 is 2.40 bits per heavy atom. The summed E-state index contributed by atoms with van der Waals surface area (Å²) < 4.78 is 1.30. The summed E-state index contributed by atoms with van der Waals surface area (Å²) in [4.78, 5) is 0. The predicted molar refractivity (Wildman–Crippen MR) is 95.2 cm³/mol. The van der Waals surface area contributed by atoms with Crippen molar-refractivity contribution in [1.29, 1.82) is 0 Å². The van der Waals surface area contributed by atoms with Crippen molar-refractivity contribution in [3.63, 3.8) is 0 Å². The van der Waals surface area contributed by atoms with Gasteiger partial charge in [-0.05, 0) is 71.2 Å². The standard InChI is InChI=1S/C18H22IN/c1-15(17-9-11-18(19)12-10-17)14-20-13-5-8-16-6-3-2-4-7-16/h2-4,6-7,9-12,15,20H,5,8,13-14H2,1H3. The second kappa shape index (κ2) is 8.42. The number of hydrogen-bond donors (Lipinski definition) is 1. The average Bonchev–Trinajstić information content (AvgIpc) is 2.48. The van der Waals surface area contributed by atoms with Crippen LogP contribution in [0.25, 0.3) is 0 Å². The molecule has 0 fully saturated rings. The lowest BCUT2D eigenvalue weighted by Crippen LogP contribution is -2.21. The molecule has 0 aliphatic carbocycles. The molecular weight excluding hydrogens is 357 g/mol. The van der Waals surface area contributed by atoms with Crippen LogP contribution >= 0.6 is 22.6 Å². The van der Waals surface area contributed by atoms with Gasteiger partial charge in [0, 0.05) is 10.1 Å². The zero-order chi connectivity index (χ0) is 14.2. The average molecular weight is 379 g/mol. The summed E-state index contributed by atoms with van der Waals surface area (Å²) in [5, 5.41) is 3.57. The first-order valence-electron chi connectivity index (χ1n) is 7.26. The molecule has 0 amide bonds. The molecule has 1 N–H and O–H groups in total. The molecule has 1 unspecified atom stereocenters. The van der Waals surface area contributed by atoms with E-state index in [1.165, 1.54) is 21.1 Å². The van der Waals surface area contributed by atoms with E-state index in [0.717, 1.165) is 19.5 Å². The van der Waals surface area contributed by atoms with E-state index in [2.05, 4.69) is 89.4 Å². The van der Waals surface area contributed by atoms with Crippen LogP contribution in [0.15, 0.2) is 54.6 Å². The molecule has 2 aromatic carbocycles. The van der Waals surface area contributed by atoms with Crippen molar-refractivity contribution in [2.45, 2.75) is 25.7 Å². The van der Waals surface area contributed by atoms with Gasteiger partial charge in [-0.3, -0.25) is 0 Å². The number of benzene rings is 2. The first kappa shape index (κ1) is 15.5. The molecule has 0 spiro atoms. The summed E-state index contributed by atoms with van der Waals surface area (Å²) >= 11 is 2.35. The third kappa shape index (κ3) is 5.25. The minimum atomic E-state index is 0.573. The van der Waals surface area contributed by atoms with Gasteiger partial charge in [-0.15, -0.1) is 0 Å². The van der Waals surface area contributed by atoms with Crippen LogP contribution in [0.4, 0.5) is 0 Å². The van der Waals surface area contributed by atoms with Gasteiger partial charge in [-0.2, -0.15) is 0 Å². The Balaban J connectivity index is 1.64. The Morgan fingerprint density at radius 2 is 1.70 bits per heavy atom. The molecule has 2 rings (SSSR count). The van der Waals surface area contributed by atoms with Gasteiger partial charge < -0.3 is 5.32 Å². The Bertz CT molecular complexity index is 493. The lowest BCUT2D eigenvalue weighted by Gasteiger charge is -2.13. The molecule has 1 nitrogen and oxygen atoms in total. The van der Waals surface area contributed by atoms with E-state index < -0.39 is 0 Å². The van der Waals surface area contributed by atoms with Crippen LogP contribution in [-0.2, 0) is 6.42 Å². The fourth-order valence-electron chi connectivity index (χ4n) is 2.29. The van der Waals surface area contributed by atoms with E-state index in [1.807, 2.05) is 0 Å². The maximum absolute atomic E-state index is 3.57. The lowest BCUT2D eigenvalue weighted by molar-refractivity contribution is 0.596. The molecular formula is C18H22IN. The summed E-state index contributed by atoms with van der Waals surface area (Å²) in [7, 11) is 0. The van der Waals surface area contributed by atoms with Gasteiger partial charge in [0.05, 0.1) is 0 Å². The summed E-state index contributed by atoms with van der Waals surface area (Å²) in [5.74, 6) is 0.573. The molecule has 106 valence electrons. The topological polar surface area (TPSA) is 12.0 Å². The smallest absolute Gasteiger partial charge is 0.0130 e. The highest BCUT2D eigenvalue weighted by atomic mass is 127. The van der Waals surface area contributed by atoms with Crippen LogP contribution in [0.2, 0.25) is 0 Å². The van der Waals surface area contributed by atoms with Crippen molar-refractivity contribution in [1.82, 2.24) is 5.32 Å². The normalized spacial score (nSPS) is 12.3. The Labute approximate surface area is 135 Å². The molecule has 20 heavy (non-hydrogen) atoms. The van der Waals surface area contributed by atoms with Crippen LogP contribution < -0.4 is 5.32 Å². The highest BCUT2D eigenvalue weighted by molar-refractivity contribution is 14.1. The van der Waals surface area contributed by atoms with Crippen LogP contribution in [-0.4, -0.2) is 13.1 Å². The summed E-state index contributed by atoms with van der Waals surface area (Å²) in [6, 6.07) is 19.5. The van der Waals surface area contributed by atoms with E-state index in [1.54, 1.807) is 0 Å². The largest absolute Gasteiger partial charge is 0.316 e. The Morgan fingerprint density at radius 1 is 1.00 bits per heavy atom. The van der Waals surface area contributed by atoms with E-state index in [9.17, 15) is 0 Å². The van der Waals surface area contributed by atoms with Crippen molar-refractivity contribution < 1.29 is 0 Å². The SMILES string of the molecule is CC(CNCCCc1ccccc1)c1ccc(I)cc1. The molecule has 0 aliphatic heterocycles. The number of nitrogens with one attached hydrogen (secondary N) is 1. The van der Waals surface area contributed by atoms with E-state index in [0.29, 0.717) is 5.92 Å². The molecule has 0 heterocycles. The van der Waals surface area contributed by atoms with Gasteiger partial charge in [0.2, 0.25) is 0 Å². The van der Waals surface area contributed by atoms with Crippen LogP contribution in [0.5, 0.6) is 0 Å². The zero-order valence-corrected chi connectivity index (χ0v) is 14.1. The predicted octanol–water partition coefficient (Wildman–Crippen LogP) is 4.62. The molecule has 0 bridgehead atoms. The third-order valence-electron chi connectivity index (χ3n) is 3.55. The van der Waals surface area contributed by atoms with Crippen molar-refractivity contribution in [2.75, 3.05) is 13.1 Å². The fraction of sp³-hybridized carbons (Fsp3) is 0.333. The van der Waals surface area contributed by atoms with Gasteiger partial charge in [0.15, 0.2) is 0 Å². The second-order valence-electron chi connectivity index (χ2n) is 5.25. The molecule has 0 saturated heterocycles. The highest BCUT2D eigenvalue weighted by Crippen LogP contribution is 2.15. The van der Waals surface area contributed by atoms with E-state index in [-0.39, 0.29) is 0 Å².